The van der Waals surface area contributed by atoms with Crippen LogP contribution in [0.25, 0.3) is 5.69 Å². The molecule has 32 heavy (non-hydrogen) atoms. The molecular weight excluding hydrogens is 434 g/mol. The zero-order valence-corrected chi connectivity index (χ0v) is 18.6. The van der Waals surface area contributed by atoms with Gasteiger partial charge in [0.05, 0.1) is 30.5 Å². The summed E-state index contributed by atoms with van der Waals surface area (Å²) in [6.07, 6.45) is 1.24. The van der Waals surface area contributed by atoms with Crippen LogP contribution in [0, 0.1) is 6.92 Å². The zero-order chi connectivity index (χ0) is 23.4. The molecule has 1 heterocycles. The van der Waals surface area contributed by atoms with E-state index in [1.54, 1.807) is 44.4 Å². The second-order valence-electron chi connectivity index (χ2n) is 7.10. The number of hydrogen-bond acceptors (Lipinski definition) is 7. The maximum absolute atomic E-state index is 13.2. The summed E-state index contributed by atoms with van der Waals surface area (Å²) in [4.78, 5) is 30.2. The lowest BCUT2D eigenvalue weighted by Crippen LogP contribution is -2.31. The van der Waals surface area contributed by atoms with E-state index in [4.69, 9.17) is 32.5 Å². The van der Waals surface area contributed by atoms with E-state index >= 15 is 0 Å². The summed E-state index contributed by atoms with van der Waals surface area (Å²) < 4.78 is 11.5. The molecule has 0 spiro atoms. The van der Waals surface area contributed by atoms with Gasteiger partial charge in [-0.2, -0.15) is 0 Å². The number of methoxy groups -OCH3 is 2. The number of hydrogen-bond donors (Lipinski definition) is 3. The number of aromatic nitrogens is 2. The Hall–Kier alpha value is -3.40. The quantitative estimate of drug-likeness (QED) is 0.496. The van der Waals surface area contributed by atoms with Gasteiger partial charge in [0.2, 0.25) is 0 Å². The minimum absolute atomic E-state index is 0.196. The lowest BCUT2D eigenvalue weighted by molar-refractivity contribution is 0.102. The van der Waals surface area contributed by atoms with E-state index in [0.717, 1.165) is 5.56 Å². The molecule has 0 saturated heterocycles. The highest BCUT2D eigenvalue weighted by Crippen LogP contribution is 2.29. The monoisotopic (exact) mass is 457 g/mol. The van der Waals surface area contributed by atoms with Crippen molar-refractivity contribution < 1.29 is 14.3 Å². The number of nitrogens with one attached hydrogen (secondary N) is 1. The van der Waals surface area contributed by atoms with Crippen LogP contribution in [-0.2, 0) is 4.74 Å². The molecule has 0 aliphatic heterocycles. The van der Waals surface area contributed by atoms with Gasteiger partial charge in [-0.15, -0.1) is 0 Å². The van der Waals surface area contributed by atoms with Gasteiger partial charge in [-0.05, 0) is 36.2 Å². The van der Waals surface area contributed by atoms with Crippen LogP contribution in [0.3, 0.4) is 0 Å². The Bertz CT molecular complexity index is 1190. The summed E-state index contributed by atoms with van der Waals surface area (Å²) in [6.45, 7) is 2.08. The number of aryl methyl sites for hydroxylation is 1. The number of carbonyl (C=O) groups excluding carboxylic acids is 1. The van der Waals surface area contributed by atoms with Gasteiger partial charge >= 0.3 is 0 Å². The number of nitrogens with two attached hydrogens (primary N) is 2. The van der Waals surface area contributed by atoms with Crippen molar-refractivity contribution in [1.82, 2.24) is 9.55 Å². The molecule has 0 unspecified atom stereocenters. The summed E-state index contributed by atoms with van der Waals surface area (Å²) in [5.41, 5.74) is 13.2. The number of carbonyl (C=O) groups is 1. The Morgan fingerprint density at radius 1 is 1.28 bits per heavy atom. The number of nitrogens with zero attached hydrogens (tertiary/aromatic N) is 2. The van der Waals surface area contributed by atoms with Crippen molar-refractivity contribution in [2.45, 2.75) is 13.0 Å². The molecule has 0 aliphatic rings. The Labute approximate surface area is 189 Å². The molecule has 0 aliphatic carbocycles. The number of ether oxygens (including phenoxy) is 2. The van der Waals surface area contributed by atoms with Gasteiger partial charge in [-0.1, -0.05) is 23.7 Å². The minimum atomic E-state index is -0.700. The van der Waals surface area contributed by atoms with Crippen molar-refractivity contribution in [2.75, 3.05) is 31.9 Å². The highest BCUT2D eigenvalue weighted by molar-refractivity contribution is 6.32. The molecule has 3 aromatic rings. The van der Waals surface area contributed by atoms with Crippen molar-refractivity contribution in [1.29, 1.82) is 0 Å². The fourth-order valence-electron chi connectivity index (χ4n) is 3.28. The highest BCUT2D eigenvalue weighted by Gasteiger charge is 2.21. The fraction of sp³-hybridized carbons (Fsp3) is 0.227. The molecule has 1 aromatic heterocycles. The second kappa shape index (κ2) is 9.82. The van der Waals surface area contributed by atoms with Crippen molar-refractivity contribution in [2.24, 2.45) is 5.73 Å². The smallest absolute Gasteiger partial charge is 0.273 e. The first kappa shape index (κ1) is 23.3. The standard InChI is InChI=1S/C22H24ClN5O4/c1-12-7-15(32-3)9-16(23)19(12)28-11-26-20(25)18(22(28)30)21(29)27-14-6-4-5-13(8-14)17(24)10-31-2/h4-9,11,17H,10,24-25H2,1-3H3,(H,27,29)/t17-/m1/s1. The first-order valence-corrected chi connectivity index (χ1v) is 10.0. The van der Waals surface area contributed by atoms with E-state index < -0.39 is 11.5 Å². The Morgan fingerprint density at radius 3 is 2.69 bits per heavy atom. The van der Waals surface area contributed by atoms with Gasteiger partial charge in [0.25, 0.3) is 11.5 Å². The van der Waals surface area contributed by atoms with Gasteiger partial charge < -0.3 is 26.3 Å². The average Bonchev–Trinajstić information content (AvgIpc) is 2.75. The predicted octanol–water partition coefficient (Wildman–Crippen LogP) is 2.68. The van der Waals surface area contributed by atoms with Crippen LogP contribution in [0.2, 0.25) is 5.02 Å². The van der Waals surface area contributed by atoms with Gasteiger partial charge in [0, 0.05) is 18.9 Å². The number of rotatable bonds is 7. The van der Waals surface area contributed by atoms with Crippen LogP contribution in [0.15, 0.2) is 47.5 Å². The molecule has 0 bridgehead atoms. The lowest BCUT2D eigenvalue weighted by Gasteiger charge is -2.15. The van der Waals surface area contributed by atoms with Crippen LogP contribution >= 0.6 is 11.6 Å². The van der Waals surface area contributed by atoms with Crippen LogP contribution < -0.4 is 27.1 Å². The van der Waals surface area contributed by atoms with E-state index in [1.165, 1.54) is 18.0 Å². The molecule has 10 heteroatoms. The van der Waals surface area contributed by atoms with E-state index in [1.807, 2.05) is 6.07 Å². The summed E-state index contributed by atoms with van der Waals surface area (Å²) in [6, 6.07) is 9.87. The average molecular weight is 458 g/mol. The van der Waals surface area contributed by atoms with Gasteiger partial charge in [0.15, 0.2) is 0 Å². The topological polar surface area (TPSA) is 134 Å². The molecule has 168 valence electrons. The van der Waals surface area contributed by atoms with Crippen molar-refractivity contribution in [3.8, 4) is 11.4 Å². The molecule has 5 N–H and O–H groups in total. The summed E-state index contributed by atoms with van der Waals surface area (Å²) in [7, 11) is 3.07. The van der Waals surface area contributed by atoms with Crippen molar-refractivity contribution in [3.05, 3.63) is 74.8 Å². The summed E-state index contributed by atoms with van der Waals surface area (Å²) >= 11 is 6.37. The molecule has 2 aromatic carbocycles. The summed E-state index contributed by atoms with van der Waals surface area (Å²) in [5.74, 6) is -0.357. The SMILES string of the molecule is COC[C@@H](N)c1cccc(NC(=O)c2c(N)ncn(-c3c(C)cc(OC)cc3Cl)c2=O)c1. The van der Waals surface area contributed by atoms with Gasteiger partial charge in [-0.25, -0.2) is 4.98 Å². The minimum Gasteiger partial charge on any atom is -0.497 e. The first-order valence-electron chi connectivity index (χ1n) is 9.64. The highest BCUT2D eigenvalue weighted by atomic mass is 35.5. The normalized spacial score (nSPS) is 11.8. The third-order valence-electron chi connectivity index (χ3n) is 4.85. The van der Waals surface area contributed by atoms with Crippen LogP contribution in [0.1, 0.15) is 27.5 Å². The third-order valence-corrected chi connectivity index (χ3v) is 5.14. The maximum atomic E-state index is 13.2. The van der Waals surface area contributed by atoms with Crippen LogP contribution in [0.4, 0.5) is 11.5 Å². The molecule has 1 atom stereocenters. The number of benzene rings is 2. The molecule has 3 rings (SSSR count). The van der Waals surface area contributed by atoms with Crippen LogP contribution in [-0.4, -0.2) is 36.3 Å². The molecule has 0 radical (unpaired) electrons. The Morgan fingerprint density at radius 2 is 2.03 bits per heavy atom. The summed E-state index contributed by atoms with van der Waals surface area (Å²) in [5, 5.41) is 2.95. The van der Waals surface area contributed by atoms with Crippen molar-refractivity contribution in [3.63, 3.8) is 0 Å². The number of anilines is 2. The van der Waals surface area contributed by atoms with E-state index in [9.17, 15) is 9.59 Å². The third kappa shape index (κ3) is 4.75. The largest absolute Gasteiger partial charge is 0.497 e. The van der Waals surface area contributed by atoms with E-state index in [0.29, 0.717) is 29.3 Å². The number of amides is 1. The first-order chi connectivity index (χ1) is 15.3. The molecule has 0 fully saturated rings. The van der Waals surface area contributed by atoms with Crippen LogP contribution in [0.5, 0.6) is 5.75 Å². The molecular formula is C22H24ClN5O4. The predicted molar refractivity (Wildman–Crippen MR) is 124 cm³/mol. The number of halogens is 1. The molecule has 1 amide bonds. The van der Waals surface area contributed by atoms with E-state index in [2.05, 4.69) is 10.3 Å². The molecule has 9 nitrogen and oxygen atoms in total. The van der Waals surface area contributed by atoms with E-state index in [-0.39, 0.29) is 22.4 Å². The van der Waals surface area contributed by atoms with Gasteiger partial charge in [0.1, 0.15) is 23.5 Å². The number of nitrogen functional groups attached to an aromatic ring is 1. The Balaban J connectivity index is 1.99. The Kier molecular flexibility index (Phi) is 7.14. The second-order valence-corrected chi connectivity index (χ2v) is 7.50. The van der Waals surface area contributed by atoms with Crippen molar-refractivity contribution >= 4 is 29.0 Å². The van der Waals surface area contributed by atoms with Gasteiger partial charge in [-0.3, -0.25) is 14.2 Å². The lowest BCUT2D eigenvalue weighted by atomic mass is 10.1. The maximum Gasteiger partial charge on any atom is 0.273 e. The zero-order valence-electron chi connectivity index (χ0n) is 17.9. The fourth-order valence-corrected chi connectivity index (χ4v) is 3.63. The molecule has 0 saturated carbocycles.